The first-order chi connectivity index (χ1) is 8.36. The lowest BCUT2D eigenvalue weighted by atomic mass is 10.0. The maximum Gasteiger partial charge on any atom is 0.247 e. The van der Waals surface area contributed by atoms with Gasteiger partial charge in [-0.15, -0.1) is 6.42 Å². The van der Waals surface area contributed by atoms with Crippen molar-refractivity contribution in [1.29, 1.82) is 0 Å². The van der Waals surface area contributed by atoms with Crippen LogP contribution in [-0.4, -0.2) is 34.3 Å². The summed E-state index contributed by atoms with van der Waals surface area (Å²) >= 11 is 0. The van der Waals surface area contributed by atoms with Gasteiger partial charge in [0.2, 0.25) is 11.8 Å². The van der Waals surface area contributed by atoms with Crippen molar-refractivity contribution in [1.82, 2.24) is 10.2 Å². The summed E-state index contributed by atoms with van der Waals surface area (Å²) in [5, 5.41) is 3.07. The Morgan fingerprint density at radius 3 is 2.44 bits per heavy atom. The van der Waals surface area contributed by atoms with E-state index in [2.05, 4.69) is 11.2 Å². The zero-order valence-electron chi connectivity index (χ0n) is 11.6. The first-order valence-electron chi connectivity index (χ1n) is 6.47. The van der Waals surface area contributed by atoms with Crippen LogP contribution in [0.2, 0.25) is 0 Å². The quantitative estimate of drug-likeness (QED) is 0.591. The predicted octanol–water partition coefficient (Wildman–Crippen LogP) is 1.30. The fourth-order valence-corrected chi connectivity index (χ4v) is 2.28. The van der Waals surface area contributed by atoms with Gasteiger partial charge in [-0.1, -0.05) is 19.8 Å². The van der Waals surface area contributed by atoms with Crippen LogP contribution in [0.5, 0.6) is 0 Å². The maximum atomic E-state index is 12.2. The minimum absolute atomic E-state index is 0.00532. The molecule has 0 aliphatic carbocycles. The molecule has 2 amide bonds. The zero-order valence-corrected chi connectivity index (χ0v) is 11.6. The molecule has 1 aliphatic heterocycles. The number of amides is 2. The molecule has 1 N–H and O–H groups in total. The van der Waals surface area contributed by atoms with Crippen LogP contribution in [0.15, 0.2) is 0 Å². The summed E-state index contributed by atoms with van der Waals surface area (Å²) in [4.78, 5) is 25.6. The van der Waals surface area contributed by atoms with E-state index in [-0.39, 0.29) is 24.3 Å². The molecule has 0 aromatic carbocycles. The Labute approximate surface area is 109 Å². The average Bonchev–Trinajstić information content (AvgIpc) is 2.58. The van der Waals surface area contributed by atoms with E-state index in [0.717, 1.165) is 12.8 Å². The highest BCUT2D eigenvalue weighted by Crippen LogP contribution is 2.21. The molecule has 1 rings (SSSR count). The van der Waals surface area contributed by atoms with Crippen LogP contribution in [0.4, 0.5) is 0 Å². The standard InChI is InChI=1S/C14H22N2O2/c1-6-10(7-2)16-12(17)9-11(13(16)18)15-14(4,5)8-3/h3,10-11,15H,6-7,9H2,1-2,4-5H3. The summed E-state index contributed by atoms with van der Waals surface area (Å²) in [6, 6.07) is -0.477. The van der Waals surface area contributed by atoms with Crippen LogP contribution in [0.3, 0.4) is 0 Å². The first kappa shape index (κ1) is 14.7. The van der Waals surface area contributed by atoms with Crippen molar-refractivity contribution in [3.63, 3.8) is 0 Å². The van der Waals surface area contributed by atoms with Gasteiger partial charge in [0.15, 0.2) is 0 Å². The lowest BCUT2D eigenvalue weighted by Crippen LogP contribution is -2.50. The molecule has 18 heavy (non-hydrogen) atoms. The monoisotopic (exact) mass is 250 g/mol. The van der Waals surface area contributed by atoms with Crippen LogP contribution in [0.25, 0.3) is 0 Å². The molecular formula is C14H22N2O2. The number of terminal acetylenes is 1. The van der Waals surface area contributed by atoms with Crippen LogP contribution >= 0.6 is 0 Å². The number of hydrogen-bond donors (Lipinski definition) is 1. The Morgan fingerprint density at radius 1 is 1.44 bits per heavy atom. The molecule has 0 spiro atoms. The first-order valence-corrected chi connectivity index (χ1v) is 6.47. The number of hydrogen-bond acceptors (Lipinski definition) is 3. The lowest BCUT2D eigenvalue weighted by Gasteiger charge is -2.26. The van der Waals surface area contributed by atoms with Crippen molar-refractivity contribution in [2.75, 3.05) is 0 Å². The van der Waals surface area contributed by atoms with Crippen LogP contribution in [0, 0.1) is 12.3 Å². The Balaban J connectivity index is 2.82. The topological polar surface area (TPSA) is 49.4 Å². The molecule has 0 bridgehead atoms. The van der Waals surface area contributed by atoms with Gasteiger partial charge in [0.1, 0.15) is 0 Å². The summed E-state index contributed by atoms with van der Waals surface area (Å²) in [6.45, 7) is 7.62. The molecule has 1 unspecified atom stereocenters. The number of rotatable bonds is 5. The van der Waals surface area contributed by atoms with Crippen LogP contribution in [0.1, 0.15) is 47.0 Å². The number of carbonyl (C=O) groups is 2. The molecule has 0 saturated carbocycles. The third kappa shape index (κ3) is 2.91. The Hall–Kier alpha value is -1.34. The van der Waals surface area contributed by atoms with Gasteiger partial charge in [-0.25, -0.2) is 0 Å². The van der Waals surface area contributed by atoms with E-state index < -0.39 is 11.6 Å². The molecule has 1 heterocycles. The van der Waals surface area contributed by atoms with Gasteiger partial charge in [0, 0.05) is 6.04 Å². The van der Waals surface area contributed by atoms with Gasteiger partial charge in [-0.2, -0.15) is 0 Å². The minimum atomic E-state index is -0.579. The lowest BCUT2D eigenvalue weighted by molar-refractivity contribution is -0.141. The normalized spacial score (nSPS) is 20.7. The Kier molecular flexibility index (Phi) is 4.53. The molecule has 0 aromatic rings. The third-order valence-corrected chi connectivity index (χ3v) is 3.39. The van der Waals surface area contributed by atoms with Gasteiger partial charge in [-0.3, -0.25) is 19.8 Å². The van der Waals surface area contributed by atoms with Crippen molar-refractivity contribution in [3.8, 4) is 12.3 Å². The van der Waals surface area contributed by atoms with Crippen molar-refractivity contribution in [3.05, 3.63) is 0 Å². The van der Waals surface area contributed by atoms with Gasteiger partial charge < -0.3 is 0 Å². The number of likely N-dealkylation sites (tertiary alicyclic amines) is 1. The highest BCUT2D eigenvalue weighted by atomic mass is 16.2. The van der Waals surface area contributed by atoms with Gasteiger partial charge in [-0.05, 0) is 26.7 Å². The van der Waals surface area contributed by atoms with Crippen molar-refractivity contribution in [2.45, 2.75) is 64.6 Å². The smallest absolute Gasteiger partial charge is 0.247 e. The van der Waals surface area contributed by atoms with Gasteiger partial charge >= 0.3 is 0 Å². The SMILES string of the molecule is C#CC(C)(C)NC1CC(=O)N(C(CC)CC)C1=O. The number of carbonyl (C=O) groups excluding carboxylic acids is 2. The fraction of sp³-hybridized carbons (Fsp3) is 0.714. The second-order valence-corrected chi connectivity index (χ2v) is 5.24. The molecule has 4 heteroatoms. The van der Waals surface area contributed by atoms with Crippen molar-refractivity contribution < 1.29 is 9.59 Å². The second-order valence-electron chi connectivity index (χ2n) is 5.24. The minimum Gasteiger partial charge on any atom is -0.290 e. The highest BCUT2D eigenvalue weighted by molar-refractivity contribution is 6.05. The highest BCUT2D eigenvalue weighted by Gasteiger charge is 2.42. The van der Waals surface area contributed by atoms with E-state index in [4.69, 9.17) is 6.42 Å². The van der Waals surface area contributed by atoms with Crippen molar-refractivity contribution in [2.24, 2.45) is 0 Å². The Morgan fingerprint density at radius 2 is 2.00 bits per heavy atom. The molecule has 1 saturated heterocycles. The summed E-state index contributed by atoms with van der Waals surface area (Å²) in [6.07, 6.45) is 7.18. The van der Waals surface area contributed by atoms with Crippen molar-refractivity contribution >= 4 is 11.8 Å². The van der Waals surface area contributed by atoms with E-state index in [1.54, 1.807) is 0 Å². The Bertz CT molecular complexity index is 378. The molecule has 100 valence electrons. The maximum absolute atomic E-state index is 12.2. The summed E-state index contributed by atoms with van der Waals surface area (Å²) in [5.41, 5.74) is -0.579. The third-order valence-electron chi connectivity index (χ3n) is 3.39. The number of imide groups is 1. The summed E-state index contributed by atoms with van der Waals surface area (Å²) in [5.74, 6) is 2.34. The molecule has 1 aliphatic rings. The van der Waals surface area contributed by atoms with E-state index in [1.165, 1.54) is 4.90 Å². The molecule has 1 atom stereocenters. The van der Waals surface area contributed by atoms with Gasteiger partial charge in [0.05, 0.1) is 18.0 Å². The summed E-state index contributed by atoms with van der Waals surface area (Å²) < 4.78 is 0. The molecule has 0 aromatic heterocycles. The van der Waals surface area contributed by atoms with E-state index in [9.17, 15) is 9.59 Å². The summed E-state index contributed by atoms with van der Waals surface area (Å²) in [7, 11) is 0. The molecule has 1 fully saturated rings. The number of nitrogens with zero attached hydrogens (tertiary/aromatic N) is 1. The fourth-order valence-electron chi connectivity index (χ4n) is 2.28. The largest absolute Gasteiger partial charge is 0.290 e. The van der Waals surface area contributed by atoms with E-state index in [1.807, 2.05) is 27.7 Å². The average molecular weight is 250 g/mol. The second kappa shape index (κ2) is 5.53. The van der Waals surface area contributed by atoms with E-state index in [0.29, 0.717) is 0 Å². The number of nitrogens with one attached hydrogen (secondary N) is 1. The van der Waals surface area contributed by atoms with E-state index >= 15 is 0 Å². The van der Waals surface area contributed by atoms with Gasteiger partial charge in [0.25, 0.3) is 0 Å². The van der Waals surface area contributed by atoms with Crippen LogP contribution in [-0.2, 0) is 9.59 Å². The molecule has 4 nitrogen and oxygen atoms in total. The zero-order chi connectivity index (χ0) is 13.9. The predicted molar refractivity (Wildman–Crippen MR) is 70.7 cm³/mol. The van der Waals surface area contributed by atoms with Crippen LogP contribution < -0.4 is 5.32 Å². The molecule has 0 radical (unpaired) electrons. The molecular weight excluding hydrogens is 228 g/mol.